The third-order valence-corrected chi connectivity index (χ3v) is 5.69. The van der Waals surface area contributed by atoms with Gasteiger partial charge in [0, 0.05) is 11.6 Å². The highest BCUT2D eigenvalue weighted by Gasteiger charge is 2.40. The summed E-state index contributed by atoms with van der Waals surface area (Å²) >= 11 is 0. The SMILES string of the molecule is CCOC(=O)c1c(C)noc1NC(=O)c1ccc2c(c1)C(=O)N(C1CCCCC1)C2=O. The van der Waals surface area contributed by atoms with Crippen LogP contribution in [0.1, 0.15) is 86.2 Å². The van der Waals surface area contributed by atoms with E-state index in [9.17, 15) is 19.2 Å². The van der Waals surface area contributed by atoms with E-state index < -0.39 is 11.9 Å². The Balaban J connectivity index is 1.57. The molecule has 2 aliphatic rings. The molecule has 1 aromatic carbocycles. The smallest absolute Gasteiger partial charge is 0.345 e. The van der Waals surface area contributed by atoms with Gasteiger partial charge in [0.1, 0.15) is 5.56 Å². The number of nitrogens with one attached hydrogen (secondary N) is 1. The first-order chi connectivity index (χ1) is 14.9. The number of carbonyl (C=O) groups excluding carboxylic acids is 4. The Bertz CT molecular complexity index is 1070. The summed E-state index contributed by atoms with van der Waals surface area (Å²) in [6, 6.07) is 4.27. The molecule has 0 bridgehead atoms. The van der Waals surface area contributed by atoms with Crippen LogP contribution in [0.2, 0.25) is 0 Å². The molecule has 9 heteroatoms. The third kappa shape index (κ3) is 3.71. The maximum atomic E-state index is 12.9. The zero-order valence-electron chi connectivity index (χ0n) is 17.4. The van der Waals surface area contributed by atoms with Crippen LogP contribution in [-0.2, 0) is 4.74 Å². The molecule has 1 fully saturated rings. The second kappa shape index (κ2) is 8.33. The number of hydrogen-bond acceptors (Lipinski definition) is 7. The lowest BCUT2D eigenvalue weighted by Gasteiger charge is -2.29. The first-order valence-corrected chi connectivity index (χ1v) is 10.4. The highest BCUT2D eigenvalue weighted by atomic mass is 16.5. The van der Waals surface area contributed by atoms with Crippen molar-refractivity contribution < 1.29 is 28.4 Å². The Morgan fingerprint density at radius 2 is 1.87 bits per heavy atom. The number of ether oxygens (including phenoxy) is 1. The maximum Gasteiger partial charge on any atom is 0.345 e. The molecule has 162 valence electrons. The van der Waals surface area contributed by atoms with Crippen LogP contribution in [0.5, 0.6) is 0 Å². The summed E-state index contributed by atoms with van der Waals surface area (Å²) in [5, 5.41) is 6.21. The predicted octanol–water partition coefficient (Wildman–Crippen LogP) is 3.34. The van der Waals surface area contributed by atoms with Gasteiger partial charge in [-0.05, 0) is 44.9 Å². The van der Waals surface area contributed by atoms with Gasteiger partial charge in [-0.1, -0.05) is 24.4 Å². The van der Waals surface area contributed by atoms with Gasteiger partial charge in [-0.3, -0.25) is 24.6 Å². The van der Waals surface area contributed by atoms with Gasteiger partial charge in [0.25, 0.3) is 17.7 Å². The summed E-state index contributed by atoms with van der Waals surface area (Å²) < 4.78 is 10.0. The predicted molar refractivity (Wildman–Crippen MR) is 109 cm³/mol. The summed E-state index contributed by atoms with van der Waals surface area (Å²) in [4.78, 5) is 52.0. The molecular weight excluding hydrogens is 402 g/mol. The van der Waals surface area contributed by atoms with Crippen LogP contribution in [-0.4, -0.2) is 46.4 Å². The summed E-state index contributed by atoms with van der Waals surface area (Å²) in [7, 11) is 0. The number of benzene rings is 1. The molecule has 1 aliphatic heterocycles. The Hall–Kier alpha value is -3.49. The van der Waals surface area contributed by atoms with E-state index in [1.54, 1.807) is 13.8 Å². The van der Waals surface area contributed by atoms with Crippen LogP contribution in [0.3, 0.4) is 0 Å². The Kier molecular flexibility index (Phi) is 5.58. The van der Waals surface area contributed by atoms with Crippen LogP contribution in [0.4, 0.5) is 5.88 Å². The van der Waals surface area contributed by atoms with E-state index in [4.69, 9.17) is 9.26 Å². The standard InChI is InChI=1S/C22H23N3O6/c1-3-30-22(29)17-12(2)24-31-19(17)23-18(26)13-9-10-15-16(11-13)21(28)25(20(15)27)14-7-5-4-6-8-14/h9-11,14H,3-8H2,1-2H3,(H,23,26). The molecule has 31 heavy (non-hydrogen) atoms. The van der Waals surface area contributed by atoms with Gasteiger partial charge in [-0.15, -0.1) is 0 Å². The highest BCUT2D eigenvalue weighted by molar-refractivity contribution is 6.22. The number of esters is 1. The van der Waals surface area contributed by atoms with E-state index in [-0.39, 0.29) is 52.7 Å². The maximum absolute atomic E-state index is 12.9. The normalized spacial score (nSPS) is 16.4. The van der Waals surface area contributed by atoms with Crippen molar-refractivity contribution >= 4 is 29.6 Å². The highest BCUT2D eigenvalue weighted by Crippen LogP contribution is 2.31. The molecule has 9 nitrogen and oxygen atoms in total. The Labute approximate surface area is 178 Å². The van der Waals surface area contributed by atoms with Gasteiger partial charge in [0.15, 0.2) is 0 Å². The average molecular weight is 425 g/mol. The van der Waals surface area contributed by atoms with E-state index in [0.29, 0.717) is 5.56 Å². The van der Waals surface area contributed by atoms with Crippen LogP contribution in [0.15, 0.2) is 22.7 Å². The fraction of sp³-hybridized carbons (Fsp3) is 0.409. The number of aromatic nitrogens is 1. The van der Waals surface area contributed by atoms with E-state index >= 15 is 0 Å². The topological polar surface area (TPSA) is 119 Å². The number of hydrogen-bond donors (Lipinski definition) is 1. The minimum atomic E-state index is -0.658. The van der Waals surface area contributed by atoms with Crippen molar-refractivity contribution in [1.29, 1.82) is 0 Å². The second-order valence-corrected chi connectivity index (χ2v) is 7.68. The van der Waals surface area contributed by atoms with E-state index in [2.05, 4.69) is 10.5 Å². The zero-order valence-corrected chi connectivity index (χ0v) is 17.4. The lowest BCUT2D eigenvalue weighted by Crippen LogP contribution is -2.40. The van der Waals surface area contributed by atoms with Gasteiger partial charge in [0.05, 0.1) is 23.4 Å². The van der Waals surface area contributed by atoms with Crippen molar-refractivity contribution in [2.24, 2.45) is 0 Å². The molecule has 0 saturated heterocycles. The van der Waals surface area contributed by atoms with Gasteiger partial charge in [-0.2, -0.15) is 0 Å². The van der Waals surface area contributed by atoms with E-state index in [0.717, 1.165) is 32.1 Å². The second-order valence-electron chi connectivity index (χ2n) is 7.68. The largest absolute Gasteiger partial charge is 0.462 e. The number of imide groups is 1. The van der Waals surface area contributed by atoms with Gasteiger partial charge in [-0.25, -0.2) is 4.79 Å². The van der Waals surface area contributed by atoms with Crippen molar-refractivity contribution in [3.63, 3.8) is 0 Å². The molecule has 1 saturated carbocycles. The van der Waals surface area contributed by atoms with Crippen molar-refractivity contribution in [2.45, 2.75) is 52.0 Å². The number of aryl methyl sites for hydroxylation is 1. The minimum Gasteiger partial charge on any atom is -0.462 e. The lowest BCUT2D eigenvalue weighted by atomic mass is 9.94. The zero-order chi connectivity index (χ0) is 22.1. The fourth-order valence-electron chi connectivity index (χ4n) is 4.15. The quantitative estimate of drug-likeness (QED) is 0.576. The van der Waals surface area contributed by atoms with Crippen molar-refractivity contribution in [3.05, 3.63) is 46.1 Å². The number of amides is 3. The molecule has 0 radical (unpaired) electrons. The summed E-state index contributed by atoms with van der Waals surface area (Å²) in [6.07, 6.45) is 4.70. The van der Waals surface area contributed by atoms with Gasteiger partial charge in [0.2, 0.25) is 5.88 Å². The molecule has 2 aromatic rings. The lowest BCUT2D eigenvalue weighted by molar-refractivity contribution is 0.0521. The van der Waals surface area contributed by atoms with Crippen molar-refractivity contribution in [2.75, 3.05) is 11.9 Å². The number of fused-ring (bicyclic) bond motifs is 1. The van der Waals surface area contributed by atoms with Crippen LogP contribution < -0.4 is 5.32 Å². The van der Waals surface area contributed by atoms with Crippen LogP contribution >= 0.6 is 0 Å². The molecule has 0 atom stereocenters. The molecule has 3 amide bonds. The van der Waals surface area contributed by atoms with Gasteiger partial charge >= 0.3 is 5.97 Å². The molecule has 0 unspecified atom stereocenters. The molecule has 4 rings (SSSR count). The molecule has 1 N–H and O–H groups in total. The average Bonchev–Trinajstić information content (AvgIpc) is 3.25. The van der Waals surface area contributed by atoms with Crippen molar-refractivity contribution in [1.82, 2.24) is 10.1 Å². The summed E-state index contributed by atoms with van der Waals surface area (Å²) in [5.74, 6) is -2.07. The Morgan fingerprint density at radius 3 is 2.58 bits per heavy atom. The molecule has 1 aromatic heterocycles. The van der Waals surface area contributed by atoms with Crippen LogP contribution in [0, 0.1) is 6.92 Å². The minimum absolute atomic E-state index is 0.0334. The molecule has 2 heterocycles. The first kappa shape index (κ1) is 20.8. The number of carbonyl (C=O) groups is 4. The van der Waals surface area contributed by atoms with Crippen molar-refractivity contribution in [3.8, 4) is 0 Å². The van der Waals surface area contributed by atoms with Crippen LogP contribution in [0.25, 0.3) is 0 Å². The Morgan fingerprint density at radius 1 is 1.16 bits per heavy atom. The fourth-order valence-corrected chi connectivity index (χ4v) is 4.15. The van der Waals surface area contributed by atoms with E-state index in [1.807, 2.05) is 0 Å². The number of nitrogens with zero attached hydrogens (tertiary/aromatic N) is 2. The molecular formula is C22H23N3O6. The third-order valence-electron chi connectivity index (χ3n) is 5.69. The first-order valence-electron chi connectivity index (χ1n) is 10.4. The number of rotatable bonds is 5. The molecule has 1 aliphatic carbocycles. The number of anilines is 1. The summed E-state index contributed by atoms with van der Waals surface area (Å²) in [6.45, 7) is 3.39. The monoisotopic (exact) mass is 425 g/mol. The van der Waals surface area contributed by atoms with Gasteiger partial charge < -0.3 is 9.26 Å². The summed E-state index contributed by atoms with van der Waals surface area (Å²) in [5.41, 5.74) is 0.990. The van der Waals surface area contributed by atoms with E-state index in [1.165, 1.54) is 23.1 Å². The molecule has 0 spiro atoms.